The third-order valence-electron chi connectivity index (χ3n) is 2.80. The maximum Gasteiger partial charge on any atom is 0.320 e. The molecule has 0 aliphatic carbocycles. The molecule has 1 rings (SSSR count). The molecule has 1 heterocycles. The first-order valence-corrected chi connectivity index (χ1v) is 4.97. The van der Waals surface area contributed by atoms with Crippen molar-refractivity contribution in [3.8, 4) is 0 Å². The lowest BCUT2D eigenvalue weighted by Gasteiger charge is -2.37. The molecule has 1 fully saturated rings. The van der Waals surface area contributed by atoms with Crippen LogP contribution in [0.3, 0.4) is 0 Å². The van der Waals surface area contributed by atoms with Crippen molar-refractivity contribution in [1.82, 2.24) is 4.90 Å². The van der Waals surface area contributed by atoms with Gasteiger partial charge in [0.25, 0.3) is 0 Å². The number of hydrogen-bond acceptors (Lipinski definition) is 2. The monoisotopic (exact) mass is 221 g/mol. The molecule has 0 aromatic heterocycles. The van der Waals surface area contributed by atoms with Gasteiger partial charge in [0.2, 0.25) is 0 Å². The standard InChI is InChI=1S/C10H19NO2.ClH/c1-7-4-8(2)6-11(5-7)9(3)10(12)13;/h7-9H,4-6H2,1-3H3,(H,12,13);1H. The van der Waals surface area contributed by atoms with Gasteiger partial charge in [-0.1, -0.05) is 13.8 Å². The summed E-state index contributed by atoms with van der Waals surface area (Å²) in [4.78, 5) is 12.8. The first-order valence-electron chi connectivity index (χ1n) is 4.97. The Balaban J connectivity index is 0.00000169. The zero-order valence-electron chi connectivity index (χ0n) is 9.06. The number of carboxylic acids is 1. The van der Waals surface area contributed by atoms with Crippen molar-refractivity contribution < 1.29 is 9.90 Å². The van der Waals surface area contributed by atoms with Gasteiger partial charge in [-0.05, 0) is 25.2 Å². The van der Waals surface area contributed by atoms with Gasteiger partial charge >= 0.3 is 5.97 Å². The van der Waals surface area contributed by atoms with Crippen LogP contribution in [-0.4, -0.2) is 35.1 Å². The second-order valence-electron chi connectivity index (χ2n) is 4.41. The highest BCUT2D eigenvalue weighted by molar-refractivity contribution is 5.85. The van der Waals surface area contributed by atoms with Crippen LogP contribution in [0.4, 0.5) is 0 Å². The normalized spacial score (nSPS) is 30.5. The van der Waals surface area contributed by atoms with Crippen molar-refractivity contribution in [2.45, 2.75) is 33.2 Å². The minimum Gasteiger partial charge on any atom is -0.480 e. The average molecular weight is 222 g/mol. The molecule has 84 valence electrons. The van der Waals surface area contributed by atoms with E-state index in [1.165, 1.54) is 6.42 Å². The van der Waals surface area contributed by atoms with Gasteiger partial charge in [-0.15, -0.1) is 12.4 Å². The maximum absolute atomic E-state index is 10.8. The number of carboxylic acid groups (broad SMARTS) is 1. The van der Waals surface area contributed by atoms with Gasteiger partial charge in [0.1, 0.15) is 6.04 Å². The number of aliphatic carboxylic acids is 1. The molecule has 1 N–H and O–H groups in total. The van der Waals surface area contributed by atoms with E-state index in [-0.39, 0.29) is 18.4 Å². The van der Waals surface area contributed by atoms with E-state index in [1.54, 1.807) is 6.92 Å². The van der Waals surface area contributed by atoms with Crippen molar-refractivity contribution in [2.24, 2.45) is 11.8 Å². The summed E-state index contributed by atoms with van der Waals surface area (Å²) in [5, 5.41) is 8.87. The number of halogens is 1. The number of hydrogen-bond donors (Lipinski definition) is 1. The SMILES string of the molecule is CC1CC(C)CN(C(C)C(=O)O)C1.Cl. The number of rotatable bonds is 2. The molecule has 3 nitrogen and oxygen atoms in total. The van der Waals surface area contributed by atoms with E-state index in [9.17, 15) is 4.79 Å². The van der Waals surface area contributed by atoms with E-state index in [0.717, 1.165) is 13.1 Å². The third kappa shape index (κ3) is 3.46. The molecule has 1 saturated heterocycles. The molecule has 0 radical (unpaired) electrons. The molecule has 0 amide bonds. The van der Waals surface area contributed by atoms with Crippen molar-refractivity contribution in [2.75, 3.05) is 13.1 Å². The van der Waals surface area contributed by atoms with Gasteiger partial charge < -0.3 is 5.11 Å². The predicted octanol–water partition coefficient (Wildman–Crippen LogP) is 1.86. The first kappa shape index (κ1) is 13.7. The zero-order chi connectivity index (χ0) is 10.0. The Morgan fingerprint density at radius 2 is 1.79 bits per heavy atom. The molecule has 0 aromatic carbocycles. The van der Waals surface area contributed by atoms with Crippen LogP contribution in [0.2, 0.25) is 0 Å². The second-order valence-corrected chi connectivity index (χ2v) is 4.41. The molecule has 0 bridgehead atoms. The van der Waals surface area contributed by atoms with Gasteiger partial charge in [-0.25, -0.2) is 0 Å². The molecule has 3 unspecified atom stereocenters. The van der Waals surface area contributed by atoms with Crippen LogP contribution < -0.4 is 0 Å². The quantitative estimate of drug-likeness (QED) is 0.774. The summed E-state index contributed by atoms with van der Waals surface area (Å²) in [6.07, 6.45) is 1.23. The highest BCUT2D eigenvalue weighted by Crippen LogP contribution is 2.22. The number of carbonyl (C=O) groups is 1. The molecule has 0 spiro atoms. The lowest BCUT2D eigenvalue weighted by molar-refractivity contribution is -0.143. The Morgan fingerprint density at radius 3 is 2.14 bits per heavy atom. The van der Waals surface area contributed by atoms with Crippen molar-refractivity contribution >= 4 is 18.4 Å². The molecule has 0 saturated carbocycles. The van der Waals surface area contributed by atoms with Crippen LogP contribution in [-0.2, 0) is 4.79 Å². The molecule has 14 heavy (non-hydrogen) atoms. The van der Waals surface area contributed by atoms with Crippen LogP contribution in [0, 0.1) is 11.8 Å². The summed E-state index contributed by atoms with van der Waals surface area (Å²) in [6.45, 7) is 8.01. The first-order chi connectivity index (χ1) is 6.00. The molecule has 4 heteroatoms. The van der Waals surface area contributed by atoms with E-state index in [4.69, 9.17) is 5.11 Å². The van der Waals surface area contributed by atoms with E-state index in [2.05, 4.69) is 18.7 Å². The number of piperidine rings is 1. The fourth-order valence-electron chi connectivity index (χ4n) is 2.18. The van der Waals surface area contributed by atoms with Gasteiger partial charge in [0.15, 0.2) is 0 Å². The topological polar surface area (TPSA) is 40.5 Å². The Hall–Kier alpha value is -0.280. The van der Waals surface area contributed by atoms with Gasteiger partial charge in [-0.3, -0.25) is 9.69 Å². The third-order valence-corrected chi connectivity index (χ3v) is 2.80. The molecule has 0 aromatic rings. The lowest BCUT2D eigenvalue weighted by Crippen LogP contribution is -2.47. The van der Waals surface area contributed by atoms with Crippen LogP contribution in [0.5, 0.6) is 0 Å². The van der Waals surface area contributed by atoms with E-state index in [1.807, 2.05) is 0 Å². The number of nitrogens with zero attached hydrogens (tertiary/aromatic N) is 1. The zero-order valence-corrected chi connectivity index (χ0v) is 9.88. The van der Waals surface area contributed by atoms with Crippen LogP contribution in [0.1, 0.15) is 27.2 Å². The van der Waals surface area contributed by atoms with E-state index >= 15 is 0 Å². The largest absolute Gasteiger partial charge is 0.480 e. The summed E-state index contributed by atoms with van der Waals surface area (Å²) in [6, 6.07) is -0.329. The van der Waals surface area contributed by atoms with Crippen molar-refractivity contribution in [3.05, 3.63) is 0 Å². The lowest BCUT2D eigenvalue weighted by atomic mass is 9.91. The maximum atomic E-state index is 10.8. The predicted molar refractivity (Wildman–Crippen MR) is 58.9 cm³/mol. The highest BCUT2D eigenvalue weighted by atomic mass is 35.5. The Kier molecular flexibility index (Phi) is 5.45. The van der Waals surface area contributed by atoms with Crippen LogP contribution in [0.15, 0.2) is 0 Å². The van der Waals surface area contributed by atoms with E-state index < -0.39 is 5.97 Å². The average Bonchev–Trinajstić information content (AvgIpc) is 2.01. The summed E-state index contributed by atoms with van der Waals surface area (Å²) >= 11 is 0. The summed E-state index contributed by atoms with van der Waals surface area (Å²) in [7, 11) is 0. The van der Waals surface area contributed by atoms with Crippen LogP contribution >= 0.6 is 12.4 Å². The minimum atomic E-state index is -0.707. The molecular formula is C10H20ClNO2. The van der Waals surface area contributed by atoms with Gasteiger partial charge in [-0.2, -0.15) is 0 Å². The van der Waals surface area contributed by atoms with Crippen molar-refractivity contribution in [3.63, 3.8) is 0 Å². The second kappa shape index (κ2) is 5.56. The Bertz CT molecular complexity index is 189. The van der Waals surface area contributed by atoms with Crippen molar-refractivity contribution in [1.29, 1.82) is 0 Å². The summed E-state index contributed by atoms with van der Waals surface area (Å²) < 4.78 is 0. The highest BCUT2D eigenvalue weighted by Gasteiger charge is 2.28. The summed E-state index contributed by atoms with van der Waals surface area (Å²) in [5.41, 5.74) is 0. The molecular weight excluding hydrogens is 202 g/mol. The fraction of sp³-hybridized carbons (Fsp3) is 0.900. The molecule has 3 atom stereocenters. The van der Waals surface area contributed by atoms with Crippen LogP contribution in [0.25, 0.3) is 0 Å². The summed E-state index contributed by atoms with van der Waals surface area (Å²) in [5.74, 6) is 0.553. The minimum absolute atomic E-state index is 0. The molecule has 1 aliphatic heterocycles. The van der Waals surface area contributed by atoms with Gasteiger partial charge in [0, 0.05) is 13.1 Å². The van der Waals surface area contributed by atoms with Gasteiger partial charge in [0.05, 0.1) is 0 Å². The molecule has 1 aliphatic rings. The smallest absolute Gasteiger partial charge is 0.320 e. The van der Waals surface area contributed by atoms with E-state index in [0.29, 0.717) is 11.8 Å². The fourth-order valence-corrected chi connectivity index (χ4v) is 2.18. The Morgan fingerprint density at radius 1 is 1.36 bits per heavy atom. The Labute approximate surface area is 91.9 Å². The number of likely N-dealkylation sites (tertiary alicyclic amines) is 1.